The second kappa shape index (κ2) is 10.3. The van der Waals surface area contributed by atoms with Gasteiger partial charge in [-0.3, -0.25) is 4.98 Å². The molecule has 0 atom stereocenters. The summed E-state index contributed by atoms with van der Waals surface area (Å²) in [6.07, 6.45) is 1.84. The summed E-state index contributed by atoms with van der Waals surface area (Å²) in [6, 6.07) is 57.1. The van der Waals surface area contributed by atoms with Crippen LogP contribution in [0.4, 0.5) is 0 Å². The van der Waals surface area contributed by atoms with Crippen LogP contribution in [0.3, 0.4) is 0 Å². The molecule has 220 valence electrons. The van der Waals surface area contributed by atoms with Crippen LogP contribution in [0.5, 0.6) is 0 Å². The number of fused-ring (bicyclic) bond motifs is 7. The molecule has 0 saturated heterocycles. The summed E-state index contributed by atoms with van der Waals surface area (Å²) in [7, 11) is 0. The fraction of sp³-hybridized carbons (Fsp3) is 0. The van der Waals surface area contributed by atoms with E-state index in [0.717, 1.165) is 16.9 Å². The summed E-state index contributed by atoms with van der Waals surface area (Å²) in [5.74, 6) is 0. The van der Waals surface area contributed by atoms with Gasteiger partial charge in [0.15, 0.2) is 0 Å². The molecule has 10 aromatic rings. The molecule has 0 aliphatic carbocycles. The molecule has 4 heterocycles. The molecule has 4 heteroatoms. The third-order valence-corrected chi connectivity index (χ3v) is 10.5. The van der Waals surface area contributed by atoms with Gasteiger partial charge in [-0.05, 0) is 89.3 Å². The number of hydrogen-bond donors (Lipinski definition) is 0. The van der Waals surface area contributed by atoms with Crippen molar-refractivity contribution in [3.05, 3.63) is 164 Å². The summed E-state index contributed by atoms with van der Waals surface area (Å²) >= 11 is 1.85. The third-order valence-electron chi connectivity index (χ3n) is 9.40. The van der Waals surface area contributed by atoms with Crippen molar-refractivity contribution in [1.82, 2.24) is 14.1 Å². The molecule has 6 aromatic carbocycles. The summed E-state index contributed by atoms with van der Waals surface area (Å²) in [6.45, 7) is 0. The number of para-hydroxylation sites is 2. The molecule has 0 spiro atoms. The number of thiophene rings is 1. The number of benzene rings is 6. The van der Waals surface area contributed by atoms with E-state index in [0.29, 0.717) is 0 Å². The average Bonchev–Trinajstić information content (AvgIpc) is 3.81. The fourth-order valence-corrected chi connectivity index (χ4v) is 8.30. The van der Waals surface area contributed by atoms with E-state index in [4.69, 9.17) is 0 Å². The van der Waals surface area contributed by atoms with Crippen LogP contribution >= 0.6 is 11.3 Å². The van der Waals surface area contributed by atoms with Crippen molar-refractivity contribution in [2.45, 2.75) is 0 Å². The van der Waals surface area contributed by atoms with Crippen molar-refractivity contribution in [1.29, 1.82) is 0 Å². The Balaban J connectivity index is 1.12. The van der Waals surface area contributed by atoms with Gasteiger partial charge in [0, 0.05) is 43.7 Å². The van der Waals surface area contributed by atoms with E-state index in [2.05, 4.69) is 160 Å². The quantitative estimate of drug-likeness (QED) is 0.193. The lowest BCUT2D eigenvalue weighted by Gasteiger charge is -2.10. The maximum atomic E-state index is 4.53. The van der Waals surface area contributed by atoms with Gasteiger partial charge in [-0.25, -0.2) is 0 Å². The Morgan fingerprint density at radius 2 is 1.00 bits per heavy atom. The van der Waals surface area contributed by atoms with Crippen molar-refractivity contribution < 1.29 is 0 Å². The normalized spacial score (nSPS) is 11.8. The smallest absolute Gasteiger partial charge is 0.101 e. The Labute approximate surface area is 275 Å². The number of hydrogen-bond acceptors (Lipinski definition) is 2. The van der Waals surface area contributed by atoms with Gasteiger partial charge in [0.2, 0.25) is 0 Å². The first-order valence-corrected chi connectivity index (χ1v) is 16.7. The molecule has 0 radical (unpaired) electrons. The van der Waals surface area contributed by atoms with Gasteiger partial charge in [-0.15, -0.1) is 11.3 Å². The lowest BCUT2D eigenvalue weighted by molar-refractivity contribution is 1.18. The largest absolute Gasteiger partial charge is 0.309 e. The Bertz CT molecular complexity index is 2750. The Morgan fingerprint density at radius 1 is 0.426 bits per heavy atom. The van der Waals surface area contributed by atoms with Crippen LogP contribution in [0, 0.1) is 0 Å². The number of pyridine rings is 1. The number of aromatic nitrogens is 3. The van der Waals surface area contributed by atoms with E-state index >= 15 is 0 Å². The predicted octanol–water partition coefficient (Wildman–Crippen LogP) is 11.8. The standard InChI is InChI=1S/C43H27N3S/c1-6-15-42-31(9-1)27-43(47-42)46-39-14-5-3-11-34(39)36-26-30(19-23-41(36)46)29-18-22-40-35(25-29)33-10-2-4-13-38(33)45(40)32-20-16-28(17-21-32)37-12-7-8-24-44-37/h1-27H. The van der Waals surface area contributed by atoms with Gasteiger partial charge in [0.1, 0.15) is 5.00 Å². The van der Waals surface area contributed by atoms with Crippen LogP contribution in [0.1, 0.15) is 0 Å². The molecule has 0 unspecified atom stereocenters. The minimum atomic E-state index is 0.981. The molecule has 0 amide bonds. The van der Waals surface area contributed by atoms with Crippen LogP contribution in [0.15, 0.2) is 164 Å². The van der Waals surface area contributed by atoms with Crippen molar-refractivity contribution in [3.8, 4) is 33.1 Å². The van der Waals surface area contributed by atoms with Gasteiger partial charge < -0.3 is 9.13 Å². The van der Waals surface area contributed by atoms with Gasteiger partial charge in [0.05, 0.1) is 27.8 Å². The highest BCUT2D eigenvalue weighted by atomic mass is 32.1. The van der Waals surface area contributed by atoms with E-state index in [-0.39, 0.29) is 0 Å². The third kappa shape index (κ3) is 4.09. The Hall–Kier alpha value is -5.97. The zero-order valence-corrected chi connectivity index (χ0v) is 26.2. The monoisotopic (exact) mass is 617 g/mol. The van der Waals surface area contributed by atoms with E-state index in [1.807, 2.05) is 29.7 Å². The van der Waals surface area contributed by atoms with Crippen LogP contribution < -0.4 is 0 Å². The van der Waals surface area contributed by atoms with Crippen molar-refractivity contribution >= 4 is 65.0 Å². The first kappa shape index (κ1) is 26.3. The molecule has 47 heavy (non-hydrogen) atoms. The minimum Gasteiger partial charge on any atom is -0.309 e. The fourth-order valence-electron chi connectivity index (χ4n) is 7.21. The number of rotatable bonds is 4. The lowest BCUT2D eigenvalue weighted by atomic mass is 10.0. The first-order chi connectivity index (χ1) is 23.3. The molecule has 0 saturated carbocycles. The summed E-state index contributed by atoms with van der Waals surface area (Å²) in [4.78, 5) is 4.53. The van der Waals surface area contributed by atoms with Crippen molar-refractivity contribution in [3.63, 3.8) is 0 Å². The van der Waals surface area contributed by atoms with Crippen LogP contribution in [0.25, 0.3) is 86.8 Å². The van der Waals surface area contributed by atoms with E-state index in [9.17, 15) is 0 Å². The zero-order chi connectivity index (χ0) is 30.9. The average molecular weight is 618 g/mol. The second-order valence-electron chi connectivity index (χ2n) is 12.1. The maximum absolute atomic E-state index is 4.53. The molecule has 4 aromatic heterocycles. The van der Waals surface area contributed by atoms with Crippen molar-refractivity contribution in [2.24, 2.45) is 0 Å². The highest BCUT2D eigenvalue weighted by molar-refractivity contribution is 7.21. The second-order valence-corrected chi connectivity index (χ2v) is 13.1. The molecule has 0 bridgehead atoms. The van der Waals surface area contributed by atoms with Gasteiger partial charge in [-0.2, -0.15) is 0 Å². The van der Waals surface area contributed by atoms with Gasteiger partial charge >= 0.3 is 0 Å². The highest BCUT2D eigenvalue weighted by Crippen LogP contribution is 2.40. The predicted molar refractivity (Wildman–Crippen MR) is 199 cm³/mol. The van der Waals surface area contributed by atoms with E-state index < -0.39 is 0 Å². The molecule has 0 aliphatic heterocycles. The summed E-state index contributed by atoms with van der Waals surface area (Å²) in [5, 5.41) is 7.57. The van der Waals surface area contributed by atoms with Crippen LogP contribution in [0.2, 0.25) is 0 Å². The van der Waals surface area contributed by atoms with E-state index in [1.54, 1.807) is 0 Å². The highest BCUT2D eigenvalue weighted by Gasteiger charge is 2.17. The van der Waals surface area contributed by atoms with Crippen LogP contribution in [-0.4, -0.2) is 14.1 Å². The Kier molecular flexibility index (Phi) is 5.74. The molecule has 10 rings (SSSR count). The molecule has 0 fully saturated rings. The maximum Gasteiger partial charge on any atom is 0.101 e. The van der Waals surface area contributed by atoms with Crippen molar-refractivity contribution in [2.75, 3.05) is 0 Å². The Morgan fingerprint density at radius 3 is 1.68 bits per heavy atom. The molecular weight excluding hydrogens is 591 g/mol. The van der Waals surface area contributed by atoms with E-state index in [1.165, 1.54) is 69.8 Å². The summed E-state index contributed by atoms with van der Waals surface area (Å²) < 4.78 is 6.11. The molecule has 0 aliphatic rings. The molecule has 0 N–H and O–H groups in total. The zero-order valence-electron chi connectivity index (χ0n) is 25.3. The topological polar surface area (TPSA) is 22.8 Å². The molecular formula is C43H27N3S. The molecule has 3 nitrogen and oxygen atoms in total. The van der Waals surface area contributed by atoms with Gasteiger partial charge in [0.25, 0.3) is 0 Å². The lowest BCUT2D eigenvalue weighted by Crippen LogP contribution is -1.94. The summed E-state index contributed by atoms with van der Waals surface area (Å²) in [5.41, 5.74) is 10.5. The minimum absolute atomic E-state index is 0.981. The first-order valence-electron chi connectivity index (χ1n) is 15.9. The number of nitrogens with zero attached hydrogens (tertiary/aromatic N) is 3. The van der Waals surface area contributed by atoms with Gasteiger partial charge in [-0.1, -0.05) is 84.9 Å². The SMILES string of the molecule is c1ccc(-c2ccc(-n3c4ccccc4c4cc(-c5ccc6c(c5)c5ccccc5n6-c5cc6ccccc6s5)ccc43)cc2)nc1. The van der Waals surface area contributed by atoms with Crippen LogP contribution in [-0.2, 0) is 0 Å².